The highest BCUT2D eigenvalue weighted by molar-refractivity contribution is 7.90. The largest absolute Gasteiger partial charge is 0.493 e. The van der Waals surface area contributed by atoms with E-state index in [1.165, 1.54) is 12.1 Å². The maximum Gasteiger partial charge on any atom is 0.153 e. The van der Waals surface area contributed by atoms with Gasteiger partial charge in [-0.2, -0.15) is 0 Å². The van der Waals surface area contributed by atoms with Gasteiger partial charge < -0.3 is 4.74 Å². The van der Waals surface area contributed by atoms with Gasteiger partial charge in [-0.15, -0.1) is 0 Å². The van der Waals surface area contributed by atoms with Crippen molar-refractivity contribution < 1.29 is 22.3 Å². The van der Waals surface area contributed by atoms with E-state index in [1.54, 1.807) is 0 Å². The van der Waals surface area contributed by atoms with Crippen molar-refractivity contribution in [3.63, 3.8) is 0 Å². The van der Waals surface area contributed by atoms with Crippen LogP contribution in [0.3, 0.4) is 0 Å². The van der Waals surface area contributed by atoms with Crippen molar-refractivity contribution in [3.8, 4) is 5.75 Å². The number of ether oxygens (including phenoxy) is 1. The highest BCUT2D eigenvalue weighted by Crippen LogP contribution is 2.17. The zero-order valence-electron chi connectivity index (χ0n) is 9.35. The summed E-state index contributed by atoms with van der Waals surface area (Å²) >= 11 is 0. The van der Waals surface area contributed by atoms with E-state index in [0.29, 0.717) is 12.7 Å². The lowest BCUT2D eigenvalue weighted by atomic mass is 10.2. The van der Waals surface area contributed by atoms with Crippen LogP contribution in [0.25, 0.3) is 0 Å². The minimum atomic E-state index is -3.01. The second kappa shape index (κ2) is 5.77. The molecule has 0 spiro atoms. The molecule has 94 valence electrons. The van der Waals surface area contributed by atoms with Crippen molar-refractivity contribution in [2.24, 2.45) is 0 Å². The molecule has 0 aromatic heterocycles. The summed E-state index contributed by atoms with van der Waals surface area (Å²) < 4.78 is 39.7. The molecule has 6 heteroatoms. The van der Waals surface area contributed by atoms with Crippen LogP contribution in [0.4, 0.5) is 4.39 Å². The topological polar surface area (TPSA) is 60.4 Å². The molecule has 1 aromatic carbocycles. The second-order valence-electron chi connectivity index (χ2n) is 3.63. The fourth-order valence-corrected chi connectivity index (χ4v) is 1.89. The van der Waals surface area contributed by atoms with Crippen LogP contribution < -0.4 is 4.74 Å². The van der Waals surface area contributed by atoms with Crippen molar-refractivity contribution in [1.29, 1.82) is 0 Å². The number of hydrogen-bond acceptors (Lipinski definition) is 4. The van der Waals surface area contributed by atoms with Gasteiger partial charge in [0.05, 0.1) is 17.9 Å². The number of benzene rings is 1. The van der Waals surface area contributed by atoms with Crippen LogP contribution in [0.1, 0.15) is 16.8 Å². The standard InChI is InChI=1S/C11H13FO4S/c1-17(14,15)6-2-5-16-11-4-3-10(12)7-9(11)8-13/h3-4,7-8H,2,5-6H2,1H3. The van der Waals surface area contributed by atoms with Crippen LogP contribution in [0, 0.1) is 5.82 Å². The first-order valence-corrected chi connectivity index (χ1v) is 7.03. The van der Waals surface area contributed by atoms with Crippen molar-refractivity contribution in [2.45, 2.75) is 6.42 Å². The van der Waals surface area contributed by atoms with Gasteiger partial charge in [0.25, 0.3) is 0 Å². The highest BCUT2D eigenvalue weighted by Gasteiger charge is 2.06. The van der Waals surface area contributed by atoms with Crippen LogP contribution in [0.5, 0.6) is 5.75 Å². The van der Waals surface area contributed by atoms with Crippen molar-refractivity contribution in [2.75, 3.05) is 18.6 Å². The Bertz CT molecular complexity index is 496. The van der Waals surface area contributed by atoms with Gasteiger partial charge in [-0.1, -0.05) is 0 Å². The molecule has 0 saturated carbocycles. The summed E-state index contributed by atoms with van der Waals surface area (Å²) in [5.74, 6) is -0.240. The molecule has 0 heterocycles. The summed E-state index contributed by atoms with van der Waals surface area (Å²) in [5, 5.41) is 0. The van der Waals surface area contributed by atoms with E-state index in [9.17, 15) is 17.6 Å². The Morgan fingerprint density at radius 3 is 2.71 bits per heavy atom. The summed E-state index contributed by atoms with van der Waals surface area (Å²) in [6, 6.07) is 3.59. The molecule has 0 aliphatic carbocycles. The molecule has 0 saturated heterocycles. The Morgan fingerprint density at radius 2 is 2.12 bits per heavy atom. The SMILES string of the molecule is CS(=O)(=O)CCCOc1ccc(F)cc1C=O. The van der Waals surface area contributed by atoms with Gasteiger partial charge in [0.2, 0.25) is 0 Å². The maximum absolute atomic E-state index is 12.8. The molecule has 4 nitrogen and oxygen atoms in total. The van der Waals surface area contributed by atoms with Gasteiger partial charge >= 0.3 is 0 Å². The lowest BCUT2D eigenvalue weighted by molar-refractivity contribution is 0.111. The van der Waals surface area contributed by atoms with Gasteiger partial charge in [0.1, 0.15) is 21.4 Å². The number of carbonyl (C=O) groups excluding carboxylic acids is 1. The third kappa shape index (κ3) is 4.95. The summed E-state index contributed by atoms with van der Waals surface area (Å²) in [6.07, 6.45) is 1.96. The number of halogens is 1. The molecule has 0 radical (unpaired) electrons. The minimum Gasteiger partial charge on any atom is -0.493 e. The monoisotopic (exact) mass is 260 g/mol. The fourth-order valence-electron chi connectivity index (χ4n) is 1.25. The molecule has 0 bridgehead atoms. The third-order valence-corrected chi connectivity index (χ3v) is 3.05. The highest BCUT2D eigenvalue weighted by atomic mass is 32.2. The van der Waals surface area contributed by atoms with E-state index in [0.717, 1.165) is 12.3 Å². The quantitative estimate of drug-likeness (QED) is 0.574. The van der Waals surface area contributed by atoms with Gasteiger partial charge in [-0.05, 0) is 24.6 Å². The predicted octanol–water partition coefficient (Wildman–Crippen LogP) is 1.45. The molecule has 17 heavy (non-hydrogen) atoms. The number of aldehydes is 1. The Kier molecular flexibility index (Phi) is 4.62. The first-order valence-electron chi connectivity index (χ1n) is 4.97. The lowest BCUT2D eigenvalue weighted by Gasteiger charge is -2.07. The molecular formula is C11H13FO4S. The summed E-state index contributed by atoms with van der Waals surface area (Å²) in [6.45, 7) is 0.166. The smallest absolute Gasteiger partial charge is 0.153 e. The molecule has 0 aliphatic rings. The normalized spacial score (nSPS) is 11.2. The van der Waals surface area contributed by atoms with E-state index >= 15 is 0 Å². The Morgan fingerprint density at radius 1 is 1.41 bits per heavy atom. The molecule has 1 aromatic rings. The maximum atomic E-state index is 12.8. The molecule has 0 aliphatic heterocycles. The molecule has 0 atom stereocenters. The molecule has 0 amide bonds. The van der Waals surface area contributed by atoms with E-state index in [4.69, 9.17) is 4.74 Å². The van der Waals surface area contributed by atoms with Gasteiger partial charge in [0.15, 0.2) is 6.29 Å². The molecule has 0 unspecified atom stereocenters. The first kappa shape index (κ1) is 13.6. The number of hydrogen-bond donors (Lipinski definition) is 0. The van der Waals surface area contributed by atoms with Crippen LogP contribution in [0.2, 0.25) is 0 Å². The summed E-state index contributed by atoms with van der Waals surface area (Å²) in [5.41, 5.74) is 0.115. The molecule has 0 fully saturated rings. The van der Waals surface area contributed by atoms with Crippen molar-refractivity contribution in [3.05, 3.63) is 29.6 Å². The van der Waals surface area contributed by atoms with Gasteiger partial charge in [-0.25, -0.2) is 12.8 Å². The Balaban J connectivity index is 2.55. The Labute approximate surface area is 99.3 Å². The number of rotatable bonds is 6. The van der Waals surface area contributed by atoms with Gasteiger partial charge in [0, 0.05) is 6.26 Å². The van der Waals surface area contributed by atoms with Crippen LogP contribution in [-0.4, -0.2) is 33.3 Å². The summed E-state index contributed by atoms with van der Waals surface area (Å²) in [4.78, 5) is 10.6. The zero-order chi connectivity index (χ0) is 12.9. The van der Waals surface area contributed by atoms with Crippen LogP contribution in [-0.2, 0) is 9.84 Å². The van der Waals surface area contributed by atoms with Gasteiger partial charge in [-0.3, -0.25) is 4.79 Å². The first-order chi connectivity index (χ1) is 7.92. The van der Waals surface area contributed by atoms with E-state index in [-0.39, 0.29) is 23.7 Å². The predicted molar refractivity (Wildman–Crippen MR) is 61.6 cm³/mol. The number of carbonyl (C=O) groups is 1. The van der Waals surface area contributed by atoms with E-state index in [1.807, 2.05) is 0 Å². The average molecular weight is 260 g/mol. The lowest BCUT2D eigenvalue weighted by Crippen LogP contribution is -2.08. The minimum absolute atomic E-state index is 0.0185. The van der Waals surface area contributed by atoms with E-state index < -0.39 is 15.7 Å². The second-order valence-corrected chi connectivity index (χ2v) is 5.89. The average Bonchev–Trinajstić information content (AvgIpc) is 2.24. The summed E-state index contributed by atoms with van der Waals surface area (Å²) in [7, 11) is -3.01. The fraction of sp³-hybridized carbons (Fsp3) is 0.364. The van der Waals surface area contributed by atoms with Crippen LogP contribution >= 0.6 is 0 Å². The van der Waals surface area contributed by atoms with E-state index in [2.05, 4.69) is 0 Å². The zero-order valence-corrected chi connectivity index (χ0v) is 10.2. The Hall–Kier alpha value is -1.43. The number of sulfone groups is 1. The molecular weight excluding hydrogens is 247 g/mol. The van der Waals surface area contributed by atoms with Crippen molar-refractivity contribution >= 4 is 16.1 Å². The van der Waals surface area contributed by atoms with Crippen LogP contribution in [0.15, 0.2) is 18.2 Å². The molecule has 1 rings (SSSR count). The van der Waals surface area contributed by atoms with Crippen molar-refractivity contribution in [1.82, 2.24) is 0 Å². The third-order valence-electron chi connectivity index (χ3n) is 2.02. The molecule has 0 N–H and O–H groups in total.